The van der Waals surface area contributed by atoms with Crippen molar-refractivity contribution in [2.45, 2.75) is 90.0 Å². The predicted molar refractivity (Wildman–Crippen MR) is 87.7 cm³/mol. The molecule has 1 aliphatic carbocycles. The lowest BCUT2D eigenvalue weighted by atomic mass is 9.83. The second-order valence-electron chi connectivity index (χ2n) is 6.72. The van der Waals surface area contributed by atoms with Crippen LogP contribution >= 0.6 is 0 Å². The first kappa shape index (κ1) is 15.9. The zero-order valence-corrected chi connectivity index (χ0v) is 13.5. The lowest BCUT2D eigenvalue weighted by Crippen LogP contribution is -2.43. The van der Waals surface area contributed by atoms with Crippen LogP contribution in [0.15, 0.2) is 0 Å². The summed E-state index contributed by atoms with van der Waals surface area (Å²) in [5.41, 5.74) is 0. The molecule has 0 N–H and O–H groups in total. The van der Waals surface area contributed by atoms with Gasteiger partial charge in [0.1, 0.15) is 0 Å². The lowest BCUT2D eigenvalue weighted by molar-refractivity contribution is 0.132. The third kappa shape index (κ3) is 5.13. The van der Waals surface area contributed by atoms with Gasteiger partial charge in [-0.25, -0.2) is 0 Å². The highest BCUT2D eigenvalue weighted by Gasteiger charge is 2.28. The van der Waals surface area contributed by atoms with E-state index in [1.165, 1.54) is 83.7 Å². The van der Waals surface area contributed by atoms with Crippen molar-refractivity contribution in [3.8, 4) is 11.8 Å². The molecule has 1 atom stereocenters. The van der Waals surface area contributed by atoms with Crippen molar-refractivity contribution >= 4 is 0 Å². The number of hydrogen-bond acceptors (Lipinski definition) is 1. The zero-order chi connectivity index (χ0) is 14.0. The summed E-state index contributed by atoms with van der Waals surface area (Å²) in [6.45, 7) is 4.86. The van der Waals surface area contributed by atoms with Crippen LogP contribution in [-0.2, 0) is 0 Å². The Bertz CT molecular complexity index is 281. The van der Waals surface area contributed by atoms with Gasteiger partial charge in [0.15, 0.2) is 0 Å². The van der Waals surface area contributed by atoms with E-state index in [0.29, 0.717) is 6.04 Å². The molecule has 1 heterocycles. The van der Waals surface area contributed by atoms with Gasteiger partial charge >= 0.3 is 0 Å². The van der Waals surface area contributed by atoms with Gasteiger partial charge < -0.3 is 0 Å². The molecule has 0 bridgehead atoms. The minimum atomic E-state index is 0.581. The molecule has 1 saturated heterocycles. The normalized spacial score (nSPS) is 23.1. The number of unbranched alkanes of at least 4 members (excludes halogenated alkanes) is 3. The van der Waals surface area contributed by atoms with Crippen molar-refractivity contribution < 1.29 is 0 Å². The van der Waals surface area contributed by atoms with E-state index in [0.717, 1.165) is 12.3 Å². The maximum Gasteiger partial charge on any atom is 0.0743 e. The second-order valence-corrected chi connectivity index (χ2v) is 6.72. The standard InChI is InChI=1S/C19H33N/c1-2-3-4-5-10-15-19(18-13-8-6-9-14-18)20-16-11-7-12-17-20/h18-19H,2-9,11-14,16-17H2,1H3. The summed E-state index contributed by atoms with van der Waals surface area (Å²) in [5.74, 6) is 8.08. The Kier molecular flexibility index (Phi) is 7.52. The molecule has 2 fully saturated rings. The van der Waals surface area contributed by atoms with Gasteiger partial charge in [-0.2, -0.15) is 0 Å². The van der Waals surface area contributed by atoms with E-state index < -0.39 is 0 Å². The highest BCUT2D eigenvalue weighted by Crippen LogP contribution is 2.30. The zero-order valence-electron chi connectivity index (χ0n) is 13.5. The maximum atomic E-state index is 3.69. The third-order valence-electron chi connectivity index (χ3n) is 5.04. The van der Waals surface area contributed by atoms with Crippen molar-refractivity contribution in [1.29, 1.82) is 0 Å². The average molecular weight is 275 g/mol. The summed E-state index contributed by atoms with van der Waals surface area (Å²) in [6.07, 6.45) is 16.4. The topological polar surface area (TPSA) is 3.24 Å². The fraction of sp³-hybridized carbons (Fsp3) is 0.895. The molecule has 1 saturated carbocycles. The van der Waals surface area contributed by atoms with E-state index in [2.05, 4.69) is 23.7 Å². The van der Waals surface area contributed by atoms with Crippen LogP contribution in [0.5, 0.6) is 0 Å². The smallest absolute Gasteiger partial charge is 0.0743 e. The summed E-state index contributed by atoms with van der Waals surface area (Å²) in [5, 5.41) is 0. The van der Waals surface area contributed by atoms with Crippen molar-refractivity contribution in [2.24, 2.45) is 5.92 Å². The van der Waals surface area contributed by atoms with Crippen LogP contribution in [0.4, 0.5) is 0 Å². The Balaban J connectivity index is 1.91. The summed E-state index contributed by atoms with van der Waals surface area (Å²) in [4.78, 5) is 2.71. The van der Waals surface area contributed by atoms with E-state index in [-0.39, 0.29) is 0 Å². The Morgan fingerprint density at radius 3 is 2.35 bits per heavy atom. The number of nitrogens with zero attached hydrogens (tertiary/aromatic N) is 1. The summed E-state index contributed by atoms with van der Waals surface area (Å²) in [6, 6.07) is 0.581. The predicted octanol–water partition coefficient (Wildman–Crippen LogP) is 5.00. The van der Waals surface area contributed by atoms with E-state index in [4.69, 9.17) is 0 Å². The van der Waals surface area contributed by atoms with Gasteiger partial charge in [0.2, 0.25) is 0 Å². The van der Waals surface area contributed by atoms with Gasteiger partial charge in [0, 0.05) is 6.42 Å². The van der Waals surface area contributed by atoms with Crippen molar-refractivity contribution in [2.75, 3.05) is 13.1 Å². The van der Waals surface area contributed by atoms with Crippen LogP contribution in [0, 0.1) is 17.8 Å². The largest absolute Gasteiger partial charge is 0.290 e. The van der Waals surface area contributed by atoms with Crippen LogP contribution in [0.3, 0.4) is 0 Å². The number of rotatable bonds is 5. The Morgan fingerprint density at radius 2 is 1.65 bits per heavy atom. The lowest BCUT2D eigenvalue weighted by Gasteiger charge is -2.37. The molecule has 1 unspecified atom stereocenters. The number of piperidine rings is 1. The molecule has 0 amide bonds. The second kappa shape index (κ2) is 9.46. The van der Waals surface area contributed by atoms with E-state index >= 15 is 0 Å². The Hall–Kier alpha value is -0.480. The molecule has 114 valence electrons. The number of hydrogen-bond donors (Lipinski definition) is 0. The van der Waals surface area contributed by atoms with Crippen LogP contribution in [0.1, 0.15) is 84.0 Å². The highest BCUT2D eigenvalue weighted by molar-refractivity contribution is 5.11. The first-order valence-corrected chi connectivity index (χ1v) is 9.14. The molecule has 1 aliphatic heterocycles. The molecule has 1 nitrogen and oxygen atoms in total. The Labute approximate surface area is 126 Å². The van der Waals surface area contributed by atoms with Crippen LogP contribution < -0.4 is 0 Å². The van der Waals surface area contributed by atoms with Crippen LogP contribution in [0.25, 0.3) is 0 Å². The fourth-order valence-corrected chi connectivity index (χ4v) is 3.79. The summed E-state index contributed by atoms with van der Waals surface area (Å²) < 4.78 is 0. The summed E-state index contributed by atoms with van der Waals surface area (Å²) >= 11 is 0. The molecular formula is C19H33N. The number of likely N-dealkylation sites (tertiary alicyclic amines) is 1. The monoisotopic (exact) mass is 275 g/mol. The fourth-order valence-electron chi connectivity index (χ4n) is 3.79. The first-order valence-electron chi connectivity index (χ1n) is 9.14. The SMILES string of the molecule is CCCCCC#CC(C1CCCCC1)N1CCCCC1. The van der Waals surface area contributed by atoms with Crippen LogP contribution in [0.2, 0.25) is 0 Å². The average Bonchev–Trinajstić information content (AvgIpc) is 2.53. The molecule has 0 radical (unpaired) electrons. The van der Waals surface area contributed by atoms with Gasteiger partial charge in [-0.3, -0.25) is 4.90 Å². The molecular weight excluding hydrogens is 242 g/mol. The van der Waals surface area contributed by atoms with E-state index in [9.17, 15) is 0 Å². The van der Waals surface area contributed by atoms with E-state index in [1.807, 2.05) is 0 Å². The van der Waals surface area contributed by atoms with E-state index in [1.54, 1.807) is 0 Å². The summed E-state index contributed by atoms with van der Waals surface area (Å²) in [7, 11) is 0. The van der Waals surface area contributed by atoms with Gasteiger partial charge in [-0.1, -0.05) is 51.4 Å². The van der Waals surface area contributed by atoms with Gasteiger partial charge in [0.25, 0.3) is 0 Å². The van der Waals surface area contributed by atoms with Crippen molar-refractivity contribution in [3.63, 3.8) is 0 Å². The molecule has 2 aliphatic rings. The molecule has 1 heteroatoms. The molecule has 0 aromatic carbocycles. The quantitative estimate of drug-likeness (QED) is 0.504. The minimum Gasteiger partial charge on any atom is -0.290 e. The minimum absolute atomic E-state index is 0.581. The molecule has 2 rings (SSSR count). The molecule has 0 aromatic heterocycles. The van der Waals surface area contributed by atoms with Gasteiger partial charge in [-0.15, -0.1) is 5.92 Å². The first-order chi connectivity index (χ1) is 9.92. The Morgan fingerprint density at radius 1 is 0.950 bits per heavy atom. The maximum absolute atomic E-state index is 3.69. The molecule has 0 spiro atoms. The third-order valence-corrected chi connectivity index (χ3v) is 5.04. The van der Waals surface area contributed by atoms with Gasteiger partial charge in [0.05, 0.1) is 6.04 Å². The molecule has 0 aromatic rings. The van der Waals surface area contributed by atoms with Crippen molar-refractivity contribution in [1.82, 2.24) is 4.90 Å². The van der Waals surface area contributed by atoms with Crippen LogP contribution in [-0.4, -0.2) is 24.0 Å². The van der Waals surface area contributed by atoms with Gasteiger partial charge in [-0.05, 0) is 51.1 Å². The molecule has 20 heavy (non-hydrogen) atoms. The highest BCUT2D eigenvalue weighted by atomic mass is 15.2. The van der Waals surface area contributed by atoms with Crippen molar-refractivity contribution in [3.05, 3.63) is 0 Å².